The lowest BCUT2D eigenvalue weighted by Crippen LogP contribution is -2.26. The molecular formula is C24H27N3O3S2. The lowest BCUT2D eigenvalue weighted by atomic mass is 9.72. The fourth-order valence-electron chi connectivity index (χ4n) is 4.37. The number of aryl methyl sites for hydroxylation is 1. The molecule has 2 aromatic heterocycles. The summed E-state index contributed by atoms with van der Waals surface area (Å²) in [5, 5.41) is 5.07. The first-order valence-corrected chi connectivity index (χ1v) is 12.7. The molecule has 1 aromatic carbocycles. The molecule has 3 heterocycles. The molecule has 6 nitrogen and oxygen atoms in total. The molecule has 0 spiro atoms. The van der Waals surface area contributed by atoms with E-state index in [-0.39, 0.29) is 12.7 Å². The number of fused-ring (bicyclic) bond motifs is 4. The number of rotatable bonds is 5. The quantitative estimate of drug-likeness (QED) is 0.420. The van der Waals surface area contributed by atoms with E-state index in [1.54, 1.807) is 17.7 Å². The SMILES string of the molecule is CC(C)(C)C1CCc2c(sc3ncnc(SCC(=O)NCc4ccc5c(c4)OCO5)c23)C1. The molecule has 0 radical (unpaired) electrons. The second-order valence-corrected chi connectivity index (χ2v) is 11.5. The second-order valence-electron chi connectivity index (χ2n) is 9.42. The van der Waals surface area contributed by atoms with Gasteiger partial charge in [-0.2, -0.15) is 0 Å². The Labute approximate surface area is 196 Å². The minimum atomic E-state index is -0.0173. The maximum atomic E-state index is 12.5. The monoisotopic (exact) mass is 469 g/mol. The number of carbonyl (C=O) groups is 1. The lowest BCUT2D eigenvalue weighted by molar-refractivity contribution is -0.118. The van der Waals surface area contributed by atoms with Crippen LogP contribution in [0.1, 0.15) is 43.2 Å². The Balaban J connectivity index is 1.25. The average Bonchev–Trinajstić information content (AvgIpc) is 3.39. The van der Waals surface area contributed by atoms with Crippen LogP contribution >= 0.6 is 23.1 Å². The minimum Gasteiger partial charge on any atom is -0.454 e. The van der Waals surface area contributed by atoms with Crippen LogP contribution < -0.4 is 14.8 Å². The number of benzene rings is 1. The third-order valence-corrected chi connectivity index (χ3v) is 8.45. The molecule has 3 aromatic rings. The molecule has 1 unspecified atom stereocenters. The maximum Gasteiger partial charge on any atom is 0.231 e. The first-order chi connectivity index (χ1) is 15.4. The van der Waals surface area contributed by atoms with Gasteiger partial charge in [-0.3, -0.25) is 4.79 Å². The van der Waals surface area contributed by atoms with Gasteiger partial charge >= 0.3 is 0 Å². The van der Waals surface area contributed by atoms with E-state index >= 15 is 0 Å². The zero-order valence-corrected chi connectivity index (χ0v) is 20.2. The number of carbonyl (C=O) groups excluding carboxylic acids is 1. The molecule has 5 rings (SSSR count). The number of hydrogen-bond acceptors (Lipinski definition) is 7. The van der Waals surface area contributed by atoms with E-state index < -0.39 is 0 Å². The smallest absolute Gasteiger partial charge is 0.231 e. The van der Waals surface area contributed by atoms with Crippen molar-refractivity contribution < 1.29 is 14.3 Å². The summed E-state index contributed by atoms with van der Waals surface area (Å²) in [5.41, 5.74) is 2.69. The first-order valence-electron chi connectivity index (χ1n) is 10.9. The van der Waals surface area contributed by atoms with Crippen LogP contribution in [0.15, 0.2) is 29.6 Å². The molecule has 0 bridgehead atoms. The van der Waals surface area contributed by atoms with Crippen LogP contribution in [0, 0.1) is 11.3 Å². The molecule has 0 saturated heterocycles. The summed E-state index contributed by atoms with van der Waals surface area (Å²) in [6.07, 6.45) is 4.99. The molecule has 2 aliphatic rings. The van der Waals surface area contributed by atoms with E-state index in [1.165, 1.54) is 28.6 Å². The van der Waals surface area contributed by atoms with Crippen molar-refractivity contribution in [1.29, 1.82) is 0 Å². The van der Waals surface area contributed by atoms with Gasteiger partial charge in [0, 0.05) is 16.8 Å². The molecule has 168 valence electrons. The normalized spacial score (nSPS) is 17.4. The molecule has 8 heteroatoms. The van der Waals surface area contributed by atoms with Crippen LogP contribution in [-0.4, -0.2) is 28.4 Å². The summed E-state index contributed by atoms with van der Waals surface area (Å²) in [5.74, 6) is 2.47. The number of ether oxygens (including phenoxy) is 2. The highest BCUT2D eigenvalue weighted by Gasteiger charge is 2.31. The van der Waals surface area contributed by atoms with E-state index in [0.717, 1.165) is 45.1 Å². The van der Waals surface area contributed by atoms with Gasteiger partial charge in [0.1, 0.15) is 16.2 Å². The fourth-order valence-corrected chi connectivity index (χ4v) is 6.55. The predicted molar refractivity (Wildman–Crippen MR) is 128 cm³/mol. The van der Waals surface area contributed by atoms with Gasteiger partial charge in [0.25, 0.3) is 0 Å². The Morgan fingerprint density at radius 2 is 2.09 bits per heavy atom. The molecule has 0 saturated carbocycles. The number of hydrogen-bond donors (Lipinski definition) is 1. The molecule has 32 heavy (non-hydrogen) atoms. The van der Waals surface area contributed by atoms with Crippen LogP contribution in [0.2, 0.25) is 0 Å². The van der Waals surface area contributed by atoms with Crippen LogP contribution in [0.25, 0.3) is 10.2 Å². The number of amides is 1. The number of nitrogens with one attached hydrogen (secondary N) is 1. The summed E-state index contributed by atoms with van der Waals surface area (Å²) < 4.78 is 10.7. The van der Waals surface area contributed by atoms with Gasteiger partial charge in [-0.25, -0.2) is 9.97 Å². The van der Waals surface area contributed by atoms with Crippen molar-refractivity contribution in [3.05, 3.63) is 40.5 Å². The van der Waals surface area contributed by atoms with Gasteiger partial charge in [-0.05, 0) is 53.9 Å². The summed E-state index contributed by atoms with van der Waals surface area (Å²) in [4.78, 5) is 24.1. The standard InChI is InChI=1S/C24H27N3O3S2/c1-24(2,3)15-5-6-16-19(9-15)32-23-21(16)22(26-12-27-23)31-11-20(28)25-10-14-4-7-17-18(8-14)30-13-29-17/h4,7-8,12,15H,5-6,9-11,13H2,1-3H3,(H,25,28). The molecule has 0 fully saturated rings. The Morgan fingerprint density at radius 1 is 1.25 bits per heavy atom. The zero-order chi connectivity index (χ0) is 22.3. The lowest BCUT2D eigenvalue weighted by Gasteiger charge is -2.33. The zero-order valence-electron chi connectivity index (χ0n) is 18.6. The van der Waals surface area contributed by atoms with Gasteiger partial charge in [-0.1, -0.05) is 38.6 Å². The van der Waals surface area contributed by atoms with Gasteiger partial charge in [-0.15, -0.1) is 11.3 Å². The molecule has 1 aliphatic carbocycles. The predicted octanol–water partition coefficient (Wildman–Crippen LogP) is 4.98. The Morgan fingerprint density at radius 3 is 2.94 bits per heavy atom. The molecule has 1 atom stereocenters. The first kappa shape index (κ1) is 21.5. The van der Waals surface area contributed by atoms with Crippen LogP contribution in [0.5, 0.6) is 11.5 Å². The van der Waals surface area contributed by atoms with Crippen molar-refractivity contribution in [2.45, 2.75) is 51.6 Å². The van der Waals surface area contributed by atoms with E-state index in [0.29, 0.717) is 23.6 Å². The molecule has 1 N–H and O–H groups in total. The van der Waals surface area contributed by atoms with Gasteiger partial charge < -0.3 is 14.8 Å². The largest absolute Gasteiger partial charge is 0.454 e. The summed E-state index contributed by atoms with van der Waals surface area (Å²) in [7, 11) is 0. The molecule has 1 amide bonds. The van der Waals surface area contributed by atoms with Crippen molar-refractivity contribution >= 4 is 39.2 Å². The third-order valence-electron chi connectivity index (χ3n) is 6.30. The van der Waals surface area contributed by atoms with Crippen LogP contribution in [0.4, 0.5) is 0 Å². The van der Waals surface area contributed by atoms with Crippen molar-refractivity contribution in [3.63, 3.8) is 0 Å². The van der Waals surface area contributed by atoms with E-state index in [4.69, 9.17) is 9.47 Å². The van der Waals surface area contributed by atoms with Crippen LogP contribution in [0.3, 0.4) is 0 Å². The highest BCUT2D eigenvalue weighted by molar-refractivity contribution is 8.00. The topological polar surface area (TPSA) is 73.3 Å². The highest BCUT2D eigenvalue weighted by atomic mass is 32.2. The number of thioether (sulfide) groups is 1. The van der Waals surface area contributed by atoms with Crippen molar-refractivity contribution in [2.24, 2.45) is 11.3 Å². The minimum absolute atomic E-state index is 0.0173. The van der Waals surface area contributed by atoms with E-state index in [2.05, 4.69) is 36.1 Å². The van der Waals surface area contributed by atoms with Gasteiger partial charge in [0.15, 0.2) is 11.5 Å². The second kappa shape index (κ2) is 8.56. The van der Waals surface area contributed by atoms with E-state index in [1.807, 2.05) is 18.2 Å². The van der Waals surface area contributed by atoms with E-state index in [9.17, 15) is 4.79 Å². The van der Waals surface area contributed by atoms with Crippen molar-refractivity contribution in [2.75, 3.05) is 12.5 Å². The Hall–Kier alpha value is -2.32. The number of aromatic nitrogens is 2. The summed E-state index contributed by atoms with van der Waals surface area (Å²) >= 11 is 3.29. The maximum absolute atomic E-state index is 12.5. The number of thiophene rings is 1. The third kappa shape index (κ3) is 4.30. The van der Waals surface area contributed by atoms with Crippen LogP contribution in [-0.2, 0) is 24.2 Å². The Bertz CT molecular complexity index is 1170. The number of nitrogens with zero attached hydrogens (tertiary/aromatic N) is 2. The summed E-state index contributed by atoms with van der Waals surface area (Å²) in [6.45, 7) is 7.70. The van der Waals surface area contributed by atoms with Gasteiger partial charge in [0.2, 0.25) is 12.7 Å². The van der Waals surface area contributed by atoms with Crippen molar-refractivity contribution in [1.82, 2.24) is 15.3 Å². The van der Waals surface area contributed by atoms with Gasteiger partial charge in [0.05, 0.1) is 5.75 Å². The Kier molecular flexibility index (Phi) is 5.75. The van der Waals surface area contributed by atoms with Crippen molar-refractivity contribution in [3.8, 4) is 11.5 Å². The summed E-state index contributed by atoms with van der Waals surface area (Å²) in [6, 6.07) is 5.73. The fraction of sp³-hybridized carbons (Fsp3) is 0.458. The average molecular weight is 470 g/mol. The highest BCUT2D eigenvalue weighted by Crippen LogP contribution is 2.44. The molecular weight excluding hydrogens is 442 g/mol. The molecule has 1 aliphatic heterocycles.